The number of alkyl halides is 1. The fraction of sp³-hybridized carbons (Fsp3) is 1.00. The monoisotopic (exact) mass is 208 g/mol. The highest BCUT2D eigenvalue weighted by atomic mass is 79.9. The summed E-state index contributed by atoms with van der Waals surface area (Å²) in [7, 11) is 0. The molecular formula is C7H13BrS. The van der Waals surface area contributed by atoms with Crippen molar-refractivity contribution in [2.45, 2.75) is 30.5 Å². The number of halogens is 1. The lowest BCUT2D eigenvalue weighted by molar-refractivity contribution is 0.403. The third kappa shape index (κ3) is 2.50. The molecule has 0 saturated heterocycles. The summed E-state index contributed by atoms with van der Waals surface area (Å²) in [6.45, 7) is 0. The van der Waals surface area contributed by atoms with E-state index >= 15 is 0 Å². The first kappa shape index (κ1) is 7.93. The maximum atomic E-state index is 4.28. The topological polar surface area (TPSA) is 0 Å². The van der Waals surface area contributed by atoms with Crippen molar-refractivity contribution >= 4 is 28.6 Å². The van der Waals surface area contributed by atoms with Crippen molar-refractivity contribution in [2.75, 3.05) is 5.75 Å². The molecule has 54 valence electrons. The first-order valence-corrected chi connectivity index (χ1v) is 5.12. The molecule has 0 aromatic rings. The van der Waals surface area contributed by atoms with Gasteiger partial charge in [-0.2, -0.15) is 12.6 Å². The van der Waals surface area contributed by atoms with Crippen LogP contribution in [0.25, 0.3) is 0 Å². The molecule has 1 aliphatic carbocycles. The van der Waals surface area contributed by atoms with Crippen molar-refractivity contribution in [3.63, 3.8) is 0 Å². The van der Waals surface area contributed by atoms with Crippen molar-refractivity contribution in [3.8, 4) is 0 Å². The van der Waals surface area contributed by atoms with Crippen LogP contribution in [0.1, 0.15) is 25.7 Å². The SMILES string of the molecule is SCC1CCC(Br)CC1. The van der Waals surface area contributed by atoms with Gasteiger partial charge in [0.1, 0.15) is 0 Å². The summed E-state index contributed by atoms with van der Waals surface area (Å²) in [5.41, 5.74) is 0. The molecule has 0 radical (unpaired) electrons. The molecule has 0 aromatic carbocycles. The molecule has 0 aliphatic heterocycles. The van der Waals surface area contributed by atoms with Crippen molar-refractivity contribution in [1.29, 1.82) is 0 Å². The summed E-state index contributed by atoms with van der Waals surface area (Å²) in [6.07, 6.45) is 5.45. The number of thiol groups is 1. The van der Waals surface area contributed by atoms with Gasteiger partial charge in [-0.15, -0.1) is 0 Å². The number of hydrogen-bond acceptors (Lipinski definition) is 1. The molecule has 0 aromatic heterocycles. The molecule has 0 N–H and O–H groups in total. The van der Waals surface area contributed by atoms with Gasteiger partial charge in [-0.3, -0.25) is 0 Å². The molecule has 1 fully saturated rings. The lowest BCUT2D eigenvalue weighted by Crippen LogP contribution is -2.14. The summed E-state index contributed by atoms with van der Waals surface area (Å²) in [6, 6.07) is 0. The van der Waals surface area contributed by atoms with Crippen LogP contribution in [0.4, 0.5) is 0 Å². The van der Waals surface area contributed by atoms with Crippen LogP contribution in [-0.4, -0.2) is 10.6 Å². The quantitative estimate of drug-likeness (QED) is 0.498. The standard InChI is InChI=1S/C7H13BrS/c8-7-3-1-6(5-9)2-4-7/h6-7,9H,1-5H2. The Balaban J connectivity index is 2.18. The summed E-state index contributed by atoms with van der Waals surface area (Å²) in [5.74, 6) is 1.99. The van der Waals surface area contributed by atoms with Crippen molar-refractivity contribution in [3.05, 3.63) is 0 Å². The molecule has 0 amide bonds. The third-order valence-corrected chi connectivity index (χ3v) is 3.47. The maximum Gasteiger partial charge on any atom is 0.0146 e. The molecule has 9 heavy (non-hydrogen) atoms. The summed E-state index contributed by atoms with van der Waals surface area (Å²) in [4.78, 5) is 0.800. The van der Waals surface area contributed by atoms with Crippen LogP contribution >= 0.6 is 28.6 Å². The zero-order valence-electron chi connectivity index (χ0n) is 5.52. The Bertz CT molecular complexity index is 77.0. The summed E-state index contributed by atoms with van der Waals surface area (Å²) < 4.78 is 0. The minimum atomic E-state index is 0.800. The van der Waals surface area contributed by atoms with Crippen LogP contribution in [0, 0.1) is 5.92 Å². The van der Waals surface area contributed by atoms with E-state index in [4.69, 9.17) is 0 Å². The van der Waals surface area contributed by atoms with Crippen LogP contribution in [0.3, 0.4) is 0 Å². The fourth-order valence-electron chi connectivity index (χ4n) is 1.30. The minimum Gasteiger partial charge on any atom is -0.179 e. The minimum absolute atomic E-state index is 0.800. The molecule has 1 rings (SSSR count). The van der Waals surface area contributed by atoms with Crippen LogP contribution in [0.2, 0.25) is 0 Å². The molecule has 0 atom stereocenters. The molecule has 1 aliphatic rings. The van der Waals surface area contributed by atoms with Gasteiger partial charge < -0.3 is 0 Å². The van der Waals surface area contributed by atoms with E-state index in [-0.39, 0.29) is 0 Å². The van der Waals surface area contributed by atoms with Gasteiger partial charge in [0.15, 0.2) is 0 Å². The van der Waals surface area contributed by atoms with E-state index in [0.29, 0.717) is 0 Å². The maximum absolute atomic E-state index is 4.28. The predicted molar refractivity (Wildman–Crippen MR) is 48.5 cm³/mol. The Labute approximate surface area is 70.9 Å². The van der Waals surface area contributed by atoms with Crippen LogP contribution < -0.4 is 0 Å². The van der Waals surface area contributed by atoms with Gasteiger partial charge in [-0.25, -0.2) is 0 Å². The number of hydrogen-bond donors (Lipinski definition) is 1. The first-order chi connectivity index (χ1) is 4.33. The largest absolute Gasteiger partial charge is 0.179 e. The molecule has 2 heteroatoms. The average molecular weight is 209 g/mol. The first-order valence-electron chi connectivity index (χ1n) is 3.58. The van der Waals surface area contributed by atoms with Crippen LogP contribution in [-0.2, 0) is 0 Å². The predicted octanol–water partition coefficient (Wildman–Crippen LogP) is 2.87. The van der Waals surface area contributed by atoms with E-state index in [1.54, 1.807) is 0 Å². The molecule has 1 saturated carbocycles. The van der Waals surface area contributed by atoms with Gasteiger partial charge >= 0.3 is 0 Å². The van der Waals surface area contributed by atoms with Crippen molar-refractivity contribution < 1.29 is 0 Å². The van der Waals surface area contributed by atoms with Gasteiger partial charge in [0.2, 0.25) is 0 Å². The second-order valence-electron chi connectivity index (χ2n) is 2.80. The van der Waals surface area contributed by atoms with Crippen LogP contribution in [0.5, 0.6) is 0 Å². The summed E-state index contributed by atoms with van der Waals surface area (Å²) >= 11 is 7.90. The normalized spacial score (nSPS) is 36.7. The second kappa shape index (κ2) is 3.87. The Morgan fingerprint density at radius 3 is 2.22 bits per heavy atom. The van der Waals surface area contributed by atoms with Gasteiger partial charge in [-0.1, -0.05) is 15.9 Å². The van der Waals surface area contributed by atoms with Gasteiger partial charge in [0.05, 0.1) is 0 Å². The fourth-order valence-corrected chi connectivity index (χ4v) is 2.20. The molecule has 0 spiro atoms. The Morgan fingerprint density at radius 2 is 1.78 bits per heavy atom. The van der Waals surface area contributed by atoms with Crippen molar-refractivity contribution in [1.82, 2.24) is 0 Å². The second-order valence-corrected chi connectivity index (χ2v) is 4.46. The van der Waals surface area contributed by atoms with Crippen molar-refractivity contribution in [2.24, 2.45) is 5.92 Å². The van der Waals surface area contributed by atoms with E-state index in [1.807, 2.05) is 0 Å². The Morgan fingerprint density at radius 1 is 1.22 bits per heavy atom. The lowest BCUT2D eigenvalue weighted by atomic mass is 9.91. The number of rotatable bonds is 1. The molecule has 0 unspecified atom stereocenters. The molecule has 0 heterocycles. The highest BCUT2D eigenvalue weighted by Gasteiger charge is 2.17. The average Bonchev–Trinajstić information content (AvgIpc) is 1.90. The highest BCUT2D eigenvalue weighted by molar-refractivity contribution is 9.09. The van der Waals surface area contributed by atoms with E-state index in [9.17, 15) is 0 Å². The van der Waals surface area contributed by atoms with Crippen LogP contribution in [0.15, 0.2) is 0 Å². The smallest absolute Gasteiger partial charge is 0.0146 e. The van der Waals surface area contributed by atoms with E-state index in [2.05, 4.69) is 28.6 Å². The Hall–Kier alpha value is 0.830. The van der Waals surface area contributed by atoms with Gasteiger partial charge in [0, 0.05) is 4.83 Å². The van der Waals surface area contributed by atoms with Gasteiger partial charge in [0.25, 0.3) is 0 Å². The Kier molecular flexibility index (Phi) is 3.41. The molecule has 0 bridgehead atoms. The third-order valence-electron chi connectivity index (χ3n) is 2.03. The van der Waals surface area contributed by atoms with E-state index in [1.165, 1.54) is 25.7 Å². The zero-order valence-corrected chi connectivity index (χ0v) is 8.00. The molecular weight excluding hydrogens is 196 g/mol. The summed E-state index contributed by atoms with van der Waals surface area (Å²) in [5, 5.41) is 0. The molecule has 0 nitrogen and oxygen atoms in total. The highest BCUT2D eigenvalue weighted by Crippen LogP contribution is 2.28. The van der Waals surface area contributed by atoms with Gasteiger partial charge in [-0.05, 0) is 37.4 Å². The zero-order chi connectivity index (χ0) is 6.69. The lowest BCUT2D eigenvalue weighted by Gasteiger charge is -2.23. The van der Waals surface area contributed by atoms with E-state index in [0.717, 1.165) is 16.5 Å². The van der Waals surface area contributed by atoms with E-state index < -0.39 is 0 Å².